The van der Waals surface area contributed by atoms with Crippen molar-refractivity contribution < 1.29 is 19.6 Å². The molecule has 0 saturated carbocycles. The number of hydrogen-bond donors (Lipinski definition) is 1. The van der Waals surface area contributed by atoms with E-state index >= 15 is 0 Å². The summed E-state index contributed by atoms with van der Waals surface area (Å²) in [7, 11) is 0. The van der Waals surface area contributed by atoms with Gasteiger partial charge in [-0.15, -0.1) is 0 Å². The molecule has 7 nitrogen and oxygen atoms in total. The first kappa shape index (κ1) is 20.5. The van der Waals surface area contributed by atoms with Crippen molar-refractivity contribution in [2.24, 2.45) is 5.92 Å². The molecule has 1 saturated heterocycles. The molecule has 2 aromatic carbocycles. The molecule has 0 unspecified atom stereocenters. The summed E-state index contributed by atoms with van der Waals surface area (Å²) < 4.78 is 0. The van der Waals surface area contributed by atoms with Crippen LogP contribution in [0, 0.1) is 16.0 Å². The largest absolute Gasteiger partial charge is 0.481 e. The zero-order valence-electron chi connectivity index (χ0n) is 16.7. The highest BCUT2D eigenvalue weighted by Gasteiger charge is 2.41. The molecule has 29 heavy (non-hydrogen) atoms. The third kappa shape index (κ3) is 4.13. The van der Waals surface area contributed by atoms with E-state index in [-0.39, 0.29) is 30.3 Å². The minimum atomic E-state index is -0.955. The number of nitro groups is 1. The third-order valence-corrected chi connectivity index (χ3v) is 5.40. The SMILES string of the molecule is CC(C)(C)c1ccc(C(=O)N2C[C@H](C(=O)O)[C@H](c3ccccc3)C2)cc1[N+](=O)[O-]. The molecule has 0 aromatic heterocycles. The zero-order chi connectivity index (χ0) is 21.3. The molecule has 2 atom stereocenters. The lowest BCUT2D eigenvalue weighted by atomic mass is 9.85. The topological polar surface area (TPSA) is 101 Å². The Labute approximate surface area is 169 Å². The van der Waals surface area contributed by atoms with E-state index < -0.39 is 28.1 Å². The van der Waals surface area contributed by atoms with Crippen molar-refractivity contribution in [2.75, 3.05) is 13.1 Å². The normalized spacial score (nSPS) is 19.2. The van der Waals surface area contributed by atoms with E-state index in [1.165, 1.54) is 11.0 Å². The van der Waals surface area contributed by atoms with Crippen LogP contribution in [0.5, 0.6) is 0 Å². The molecule has 1 amide bonds. The Morgan fingerprint density at radius 3 is 2.31 bits per heavy atom. The van der Waals surface area contributed by atoms with Gasteiger partial charge in [-0.1, -0.05) is 57.2 Å². The average molecular weight is 396 g/mol. The molecule has 1 aliphatic rings. The summed E-state index contributed by atoms with van der Waals surface area (Å²) in [5.74, 6) is -2.38. The van der Waals surface area contributed by atoms with Crippen molar-refractivity contribution in [3.8, 4) is 0 Å². The second kappa shape index (κ2) is 7.66. The molecule has 0 aliphatic carbocycles. The number of benzene rings is 2. The molecular weight excluding hydrogens is 372 g/mol. The molecule has 2 aromatic rings. The smallest absolute Gasteiger partial charge is 0.308 e. The molecule has 0 radical (unpaired) electrons. The van der Waals surface area contributed by atoms with Crippen molar-refractivity contribution >= 4 is 17.6 Å². The predicted molar refractivity (Wildman–Crippen MR) is 108 cm³/mol. The summed E-state index contributed by atoms with van der Waals surface area (Å²) in [5, 5.41) is 21.2. The maximum Gasteiger partial charge on any atom is 0.308 e. The van der Waals surface area contributed by atoms with Gasteiger partial charge in [-0.05, 0) is 17.0 Å². The van der Waals surface area contributed by atoms with Gasteiger partial charge in [0, 0.05) is 36.2 Å². The third-order valence-electron chi connectivity index (χ3n) is 5.40. The first-order valence-electron chi connectivity index (χ1n) is 9.45. The molecule has 1 heterocycles. The number of nitro benzene ring substituents is 1. The standard InChI is InChI=1S/C22H24N2O5/c1-22(2,3)18-10-9-15(11-19(18)24(28)29)20(25)23-12-16(17(13-23)21(26)27)14-7-5-4-6-8-14/h4-11,16-17H,12-13H2,1-3H3,(H,26,27)/t16-,17-/m0/s1. The number of rotatable bonds is 4. The highest BCUT2D eigenvalue weighted by Crippen LogP contribution is 2.35. The molecule has 152 valence electrons. The van der Waals surface area contributed by atoms with Gasteiger partial charge >= 0.3 is 5.97 Å². The van der Waals surface area contributed by atoms with Crippen LogP contribution in [-0.4, -0.2) is 39.9 Å². The van der Waals surface area contributed by atoms with E-state index in [0.717, 1.165) is 5.56 Å². The van der Waals surface area contributed by atoms with Crippen LogP contribution in [0.4, 0.5) is 5.69 Å². The highest BCUT2D eigenvalue weighted by atomic mass is 16.6. The first-order chi connectivity index (χ1) is 13.6. The number of hydrogen-bond acceptors (Lipinski definition) is 4. The Bertz CT molecular complexity index is 949. The Morgan fingerprint density at radius 1 is 1.10 bits per heavy atom. The molecule has 1 aliphatic heterocycles. The summed E-state index contributed by atoms with van der Waals surface area (Å²) in [6, 6.07) is 13.8. The van der Waals surface area contributed by atoms with Gasteiger partial charge in [0.1, 0.15) is 0 Å². The van der Waals surface area contributed by atoms with Crippen LogP contribution >= 0.6 is 0 Å². The van der Waals surface area contributed by atoms with Crippen LogP contribution in [0.1, 0.15) is 48.2 Å². The lowest BCUT2D eigenvalue weighted by Crippen LogP contribution is -2.30. The number of carbonyl (C=O) groups is 2. The van der Waals surface area contributed by atoms with Crippen molar-refractivity contribution in [3.63, 3.8) is 0 Å². The van der Waals surface area contributed by atoms with Crippen LogP contribution < -0.4 is 0 Å². The quantitative estimate of drug-likeness (QED) is 0.625. The Hall–Kier alpha value is -3.22. The maximum atomic E-state index is 13.0. The van der Waals surface area contributed by atoms with Crippen LogP contribution in [-0.2, 0) is 10.2 Å². The Kier molecular flexibility index (Phi) is 5.42. The van der Waals surface area contributed by atoms with Gasteiger partial charge in [0.25, 0.3) is 11.6 Å². The number of amides is 1. The molecule has 1 N–H and O–H groups in total. The van der Waals surface area contributed by atoms with Crippen molar-refractivity contribution in [3.05, 3.63) is 75.3 Å². The van der Waals surface area contributed by atoms with Gasteiger partial charge in [-0.25, -0.2) is 0 Å². The molecule has 1 fully saturated rings. The van der Waals surface area contributed by atoms with Crippen molar-refractivity contribution in [1.82, 2.24) is 4.90 Å². The number of nitrogens with zero attached hydrogens (tertiary/aromatic N) is 2. The van der Waals surface area contributed by atoms with Crippen LogP contribution in [0.3, 0.4) is 0 Å². The fraction of sp³-hybridized carbons (Fsp3) is 0.364. The van der Waals surface area contributed by atoms with E-state index in [9.17, 15) is 24.8 Å². The number of carboxylic acids is 1. The van der Waals surface area contributed by atoms with Gasteiger partial charge in [-0.3, -0.25) is 19.7 Å². The second-order valence-electron chi connectivity index (χ2n) is 8.41. The summed E-state index contributed by atoms with van der Waals surface area (Å²) >= 11 is 0. The van der Waals surface area contributed by atoms with Gasteiger partial charge in [0.05, 0.1) is 10.8 Å². The minimum absolute atomic E-state index is 0.0720. The number of aliphatic carboxylic acids is 1. The summed E-state index contributed by atoms with van der Waals surface area (Å²) in [6.07, 6.45) is 0. The van der Waals surface area contributed by atoms with E-state index in [4.69, 9.17) is 0 Å². The predicted octanol–water partition coefficient (Wildman–Crippen LogP) is 3.83. The summed E-state index contributed by atoms with van der Waals surface area (Å²) in [4.78, 5) is 37.3. The van der Waals surface area contributed by atoms with Crippen LogP contribution in [0.2, 0.25) is 0 Å². The molecule has 7 heteroatoms. The number of likely N-dealkylation sites (tertiary alicyclic amines) is 1. The minimum Gasteiger partial charge on any atom is -0.481 e. The van der Waals surface area contributed by atoms with Gasteiger partial charge in [0.15, 0.2) is 0 Å². The van der Waals surface area contributed by atoms with Gasteiger partial charge < -0.3 is 10.0 Å². The zero-order valence-corrected chi connectivity index (χ0v) is 16.7. The monoisotopic (exact) mass is 396 g/mol. The molecule has 3 rings (SSSR count). The highest BCUT2D eigenvalue weighted by molar-refractivity contribution is 5.96. The summed E-state index contributed by atoms with van der Waals surface area (Å²) in [5.41, 5.74) is 1.07. The van der Waals surface area contributed by atoms with E-state index in [1.807, 2.05) is 51.1 Å². The number of carbonyl (C=O) groups excluding carboxylic acids is 1. The Balaban J connectivity index is 1.92. The fourth-order valence-corrected chi connectivity index (χ4v) is 3.89. The van der Waals surface area contributed by atoms with E-state index in [2.05, 4.69) is 0 Å². The summed E-state index contributed by atoms with van der Waals surface area (Å²) in [6.45, 7) is 5.95. The van der Waals surface area contributed by atoms with Gasteiger partial charge in [0.2, 0.25) is 0 Å². The average Bonchev–Trinajstić information content (AvgIpc) is 3.12. The lowest BCUT2D eigenvalue weighted by Gasteiger charge is -2.20. The maximum absolute atomic E-state index is 13.0. The van der Waals surface area contributed by atoms with E-state index in [0.29, 0.717) is 5.56 Å². The Morgan fingerprint density at radius 2 is 1.76 bits per heavy atom. The molecule has 0 bridgehead atoms. The molecular formula is C22H24N2O5. The van der Waals surface area contributed by atoms with Crippen molar-refractivity contribution in [2.45, 2.75) is 32.1 Å². The molecule has 0 spiro atoms. The fourth-order valence-electron chi connectivity index (χ4n) is 3.89. The van der Waals surface area contributed by atoms with Crippen LogP contribution in [0.25, 0.3) is 0 Å². The second-order valence-corrected chi connectivity index (χ2v) is 8.41. The van der Waals surface area contributed by atoms with Gasteiger partial charge in [-0.2, -0.15) is 0 Å². The number of carboxylic acid groups (broad SMARTS) is 1. The first-order valence-corrected chi connectivity index (χ1v) is 9.45. The van der Waals surface area contributed by atoms with Crippen LogP contribution in [0.15, 0.2) is 48.5 Å². The van der Waals surface area contributed by atoms with Crippen molar-refractivity contribution in [1.29, 1.82) is 0 Å². The van der Waals surface area contributed by atoms with E-state index in [1.54, 1.807) is 12.1 Å². The lowest BCUT2D eigenvalue weighted by molar-refractivity contribution is -0.386.